The lowest BCUT2D eigenvalue weighted by Gasteiger charge is -2.19. The molecule has 3 aromatic rings. The number of aromatic nitrogens is 2. The van der Waals surface area contributed by atoms with Crippen LogP contribution in [0, 0.1) is 0 Å². The van der Waals surface area contributed by atoms with Gasteiger partial charge in [-0.1, -0.05) is 76.9 Å². The molecule has 3 rings (SSSR count). The Hall–Kier alpha value is -2.62. The summed E-state index contributed by atoms with van der Waals surface area (Å²) in [6.45, 7) is 9.39. The van der Waals surface area contributed by atoms with Crippen molar-refractivity contribution in [2.24, 2.45) is 0 Å². The SMILES string of the molecule is CCCCCOC(=O)Cn1c(-c2ccc(C(C)(C)C)cc2)nc2ccccc21. The zero-order valence-electron chi connectivity index (χ0n) is 17.4. The standard InChI is InChI=1S/C24H30N2O2/c1-5-6-9-16-28-22(27)17-26-21-11-8-7-10-20(21)25-23(26)18-12-14-19(15-13-18)24(2,3)4/h7-8,10-15H,5-6,9,16-17H2,1-4H3. The molecule has 1 aromatic heterocycles. The second kappa shape index (κ2) is 8.59. The van der Waals surface area contributed by atoms with Crippen molar-refractivity contribution in [2.75, 3.05) is 6.61 Å². The number of carbonyl (C=O) groups excluding carboxylic acids is 1. The van der Waals surface area contributed by atoms with E-state index in [0.717, 1.165) is 41.7 Å². The molecule has 0 radical (unpaired) electrons. The number of esters is 1. The van der Waals surface area contributed by atoms with Gasteiger partial charge in [-0.3, -0.25) is 4.79 Å². The molecule has 0 atom stereocenters. The Labute approximate surface area is 167 Å². The highest BCUT2D eigenvalue weighted by molar-refractivity contribution is 5.83. The quantitative estimate of drug-likeness (QED) is 0.389. The molecule has 4 heteroatoms. The first kappa shape index (κ1) is 20.1. The molecule has 0 spiro atoms. The van der Waals surface area contributed by atoms with E-state index in [0.29, 0.717) is 6.61 Å². The van der Waals surface area contributed by atoms with E-state index >= 15 is 0 Å². The highest BCUT2D eigenvalue weighted by atomic mass is 16.5. The van der Waals surface area contributed by atoms with Crippen LogP contribution in [-0.4, -0.2) is 22.1 Å². The zero-order chi connectivity index (χ0) is 20.1. The van der Waals surface area contributed by atoms with Gasteiger partial charge in [0.05, 0.1) is 17.6 Å². The first-order chi connectivity index (χ1) is 13.4. The zero-order valence-corrected chi connectivity index (χ0v) is 17.4. The summed E-state index contributed by atoms with van der Waals surface area (Å²) in [7, 11) is 0. The van der Waals surface area contributed by atoms with Crippen LogP contribution in [-0.2, 0) is 21.5 Å². The van der Waals surface area contributed by atoms with Crippen molar-refractivity contribution in [3.8, 4) is 11.4 Å². The van der Waals surface area contributed by atoms with E-state index in [1.54, 1.807) is 0 Å². The molecule has 0 bridgehead atoms. The third-order valence-electron chi connectivity index (χ3n) is 4.96. The lowest BCUT2D eigenvalue weighted by Crippen LogP contribution is -2.15. The predicted octanol–water partition coefficient (Wildman–Crippen LogP) is 5.73. The van der Waals surface area contributed by atoms with Crippen LogP contribution in [0.25, 0.3) is 22.4 Å². The number of benzene rings is 2. The highest BCUT2D eigenvalue weighted by Crippen LogP contribution is 2.28. The molecule has 0 amide bonds. The van der Waals surface area contributed by atoms with Gasteiger partial charge in [-0.15, -0.1) is 0 Å². The van der Waals surface area contributed by atoms with Gasteiger partial charge >= 0.3 is 5.97 Å². The van der Waals surface area contributed by atoms with Crippen LogP contribution in [0.5, 0.6) is 0 Å². The molecule has 0 unspecified atom stereocenters. The van der Waals surface area contributed by atoms with E-state index in [4.69, 9.17) is 9.72 Å². The fourth-order valence-electron chi connectivity index (χ4n) is 3.29. The summed E-state index contributed by atoms with van der Waals surface area (Å²) < 4.78 is 7.40. The van der Waals surface area contributed by atoms with Crippen LogP contribution in [0.15, 0.2) is 48.5 Å². The van der Waals surface area contributed by atoms with Crippen LogP contribution in [0.3, 0.4) is 0 Å². The molecule has 2 aromatic carbocycles. The Balaban J connectivity index is 1.90. The normalized spacial score (nSPS) is 11.7. The van der Waals surface area contributed by atoms with Crippen molar-refractivity contribution < 1.29 is 9.53 Å². The summed E-state index contributed by atoms with van der Waals surface area (Å²) in [5.74, 6) is 0.582. The second-order valence-corrected chi connectivity index (χ2v) is 8.27. The Morgan fingerprint density at radius 2 is 1.75 bits per heavy atom. The summed E-state index contributed by atoms with van der Waals surface area (Å²) in [6.07, 6.45) is 3.10. The molecule has 0 N–H and O–H groups in total. The van der Waals surface area contributed by atoms with Gasteiger partial charge in [-0.2, -0.15) is 0 Å². The Kier molecular flexibility index (Phi) is 6.18. The number of rotatable bonds is 7. The molecular formula is C24H30N2O2. The monoisotopic (exact) mass is 378 g/mol. The van der Waals surface area contributed by atoms with Crippen molar-refractivity contribution in [2.45, 2.75) is 58.9 Å². The average molecular weight is 379 g/mol. The van der Waals surface area contributed by atoms with Crippen LogP contribution in [0.2, 0.25) is 0 Å². The molecular weight excluding hydrogens is 348 g/mol. The van der Waals surface area contributed by atoms with Crippen molar-refractivity contribution in [3.05, 3.63) is 54.1 Å². The van der Waals surface area contributed by atoms with E-state index < -0.39 is 0 Å². The summed E-state index contributed by atoms with van der Waals surface area (Å²) >= 11 is 0. The maximum Gasteiger partial charge on any atom is 0.326 e. The number of para-hydroxylation sites is 2. The van der Waals surface area contributed by atoms with E-state index in [2.05, 4.69) is 52.0 Å². The largest absolute Gasteiger partial charge is 0.464 e. The van der Waals surface area contributed by atoms with Gasteiger partial charge in [-0.05, 0) is 29.5 Å². The number of hydrogen-bond donors (Lipinski definition) is 0. The molecule has 0 aliphatic rings. The van der Waals surface area contributed by atoms with Crippen LogP contribution in [0.1, 0.15) is 52.5 Å². The molecule has 148 valence electrons. The van der Waals surface area contributed by atoms with Crippen molar-refractivity contribution in [1.29, 1.82) is 0 Å². The van der Waals surface area contributed by atoms with Crippen molar-refractivity contribution in [1.82, 2.24) is 9.55 Å². The van der Waals surface area contributed by atoms with Crippen LogP contribution >= 0.6 is 0 Å². The van der Waals surface area contributed by atoms with Crippen molar-refractivity contribution >= 4 is 17.0 Å². The number of fused-ring (bicyclic) bond motifs is 1. The smallest absolute Gasteiger partial charge is 0.326 e. The Morgan fingerprint density at radius 1 is 1.04 bits per heavy atom. The Bertz CT molecular complexity index is 933. The van der Waals surface area contributed by atoms with Gasteiger partial charge in [0.1, 0.15) is 12.4 Å². The van der Waals surface area contributed by atoms with Crippen LogP contribution < -0.4 is 0 Å². The maximum atomic E-state index is 12.4. The number of ether oxygens (including phenoxy) is 1. The lowest BCUT2D eigenvalue weighted by molar-refractivity contribution is -0.144. The van der Waals surface area contributed by atoms with Gasteiger partial charge in [0.25, 0.3) is 0 Å². The van der Waals surface area contributed by atoms with Gasteiger partial charge in [0.15, 0.2) is 0 Å². The summed E-state index contributed by atoms with van der Waals surface area (Å²) in [6, 6.07) is 16.4. The van der Waals surface area contributed by atoms with Crippen molar-refractivity contribution in [3.63, 3.8) is 0 Å². The van der Waals surface area contributed by atoms with E-state index in [-0.39, 0.29) is 17.9 Å². The minimum atomic E-state index is -0.216. The minimum Gasteiger partial charge on any atom is -0.464 e. The predicted molar refractivity (Wildman–Crippen MR) is 114 cm³/mol. The molecule has 4 nitrogen and oxygen atoms in total. The number of imidazole rings is 1. The van der Waals surface area contributed by atoms with Gasteiger partial charge in [-0.25, -0.2) is 4.98 Å². The molecule has 28 heavy (non-hydrogen) atoms. The molecule has 0 aliphatic carbocycles. The number of nitrogens with zero attached hydrogens (tertiary/aromatic N) is 2. The van der Waals surface area contributed by atoms with E-state index in [1.165, 1.54) is 5.56 Å². The molecule has 0 saturated heterocycles. The van der Waals surface area contributed by atoms with Crippen LogP contribution in [0.4, 0.5) is 0 Å². The number of carbonyl (C=O) groups is 1. The average Bonchev–Trinajstić information content (AvgIpc) is 3.03. The third kappa shape index (κ3) is 4.61. The molecule has 0 saturated carbocycles. The molecule has 0 aliphatic heterocycles. The molecule has 1 heterocycles. The first-order valence-corrected chi connectivity index (χ1v) is 10.1. The van der Waals surface area contributed by atoms with Gasteiger partial charge < -0.3 is 9.30 Å². The number of hydrogen-bond acceptors (Lipinski definition) is 3. The van der Waals surface area contributed by atoms with Gasteiger partial charge in [0, 0.05) is 5.56 Å². The Morgan fingerprint density at radius 3 is 2.43 bits per heavy atom. The fourth-order valence-corrected chi connectivity index (χ4v) is 3.29. The lowest BCUT2D eigenvalue weighted by atomic mass is 9.87. The third-order valence-corrected chi connectivity index (χ3v) is 4.96. The highest BCUT2D eigenvalue weighted by Gasteiger charge is 2.17. The number of unbranched alkanes of at least 4 members (excludes halogenated alkanes) is 2. The maximum absolute atomic E-state index is 12.4. The minimum absolute atomic E-state index is 0.0982. The van der Waals surface area contributed by atoms with Gasteiger partial charge in [0.2, 0.25) is 0 Å². The summed E-state index contributed by atoms with van der Waals surface area (Å²) in [5.41, 5.74) is 4.21. The topological polar surface area (TPSA) is 44.1 Å². The van der Waals surface area contributed by atoms with E-state index in [1.807, 2.05) is 28.8 Å². The van der Waals surface area contributed by atoms with E-state index in [9.17, 15) is 4.79 Å². The first-order valence-electron chi connectivity index (χ1n) is 10.1. The summed E-state index contributed by atoms with van der Waals surface area (Å²) in [5, 5.41) is 0. The summed E-state index contributed by atoms with van der Waals surface area (Å²) in [4.78, 5) is 17.2. The molecule has 0 fully saturated rings. The fraction of sp³-hybridized carbons (Fsp3) is 0.417. The second-order valence-electron chi connectivity index (χ2n) is 8.27.